The normalized spacial score (nSPS) is 10.3. The second kappa shape index (κ2) is 7.83. The zero-order chi connectivity index (χ0) is 19.4. The molecule has 1 amide bonds. The molecule has 3 aromatic rings. The van der Waals surface area contributed by atoms with Gasteiger partial charge in [0, 0.05) is 23.2 Å². The van der Waals surface area contributed by atoms with Gasteiger partial charge >= 0.3 is 0 Å². The minimum atomic E-state index is -0.522. The number of benzene rings is 2. The number of anilines is 1. The van der Waals surface area contributed by atoms with E-state index in [-0.39, 0.29) is 11.4 Å². The first-order valence-electron chi connectivity index (χ1n) is 7.76. The van der Waals surface area contributed by atoms with Gasteiger partial charge in [-0.1, -0.05) is 12.1 Å². The van der Waals surface area contributed by atoms with Crippen molar-refractivity contribution in [2.24, 2.45) is 0 Å². The molecule has 8 nitrogen and oxygen atoms in total. The number of carbonyl (C=O) groups is 1. The van der Waals surface area contributed by atoms with Crippen LogP contribution in [0.4, 0.5) is 11.4 Å². The lowest BCUT2D eigenvalue weighted by Gasteiger charge is -2.10. The number of nitrogens with one attached hydrogen (secondary N) is 1. The number of hydrogen-bond acceptors (Lipinski definition) is 7. The lowest BCUT2D eigenvalue weighted by molar-refractivity contribution is -0.384. The molecule has 1 heterocycles. The third-order valence-corrected chi connectivity index (χ3v) is 4.56. The van der Waals surface area contributed by atoms with Gasteiger partial charge in [-0.3, -0.25) is 14.9 Å². The third-order valence-electron chi connectivity index (χ3n) is 3.69. The van der Waals surface area contributed by atoms with Crippen molar-refractivity contribution < 1.29 is 19.2 Å². The maximum Gasteiger partial charge on any atom is 0.275 e. The minimum Gasteiger partial charge on any atom is -0.493 e. The molecule has 0 aliphatic heterocycles. The average Bonchev–Trinajstić information content (AvgIpc) is 3.17. The Morgan fingerprint density at radius 2 is 1.96 bits per heavy atom. The van der Waals surface area contributed by atoms with Crippen LogP contribution in [0.5, 0.6) is 11.5 Å². The van der Waals surface area contributed by atoms with Crippen LogP contribution >= 0.6 is 11.3 Å². The van der Waals surface area contributed by atoms with Gasteiger partial charge in [-0.05, 0) is 18.2 Å². The number of carbonyl (C=O) groups excluding carboxylic acids is 1. The summed E-state index contributed by atoms with van der Waals surface area (Å²) in [6, 6.07) is 11.1. The highest BCUT2D eigenvalue weighted by atomic mass is 32.1. The second-order valence-electron chi connectivity index (χ2n) is 5.34. The lowest BCUT2D eigenvalue weighted by atomic mass is 10.2. The molecule has 0 bridgehead atoms. The number of para-hydroxylation sites is 1. The van der Waals surface area contributed by atoms with Gasteiger partial charge in [-0.15, -0.1) is 11.3 Å². The Hall–Kier alpha value is -3.46. The number of hydrogen-bond donors (Lipinski definition) is 1. The van der Waals surface area contributed by atoms with E-state index in [1.54, 1.807) is 30.7 Å². The first-order chi connectivity index (χ1) is 13.0. The van der Waals surface area contributed by atoms with Gasteiger partial charge in [0.25, 0.3) is 11.6 Å². The molecule has 9 heteroatoms. The topological polar surface area (TPSA) is 104 Å². The Morgan fingerprint density at radius 3 is 2.67 bits per heavy atom. The molecule has 0 unspecified atom stereocenters. The fourth-order valence-corrected chi connectivity index (χ4v) is 3.27. The van der Waals surface area contributed by atoms with Crippen molar-refractivity contribution in [2.75, 3.05) is 19.5 Å². The third kappa shape index (κ3) is 3.87. The van der Waals surface area contributed by atoms with E-state index in [0.717, 1.165) is 0 Å². The van der Waals surface area contributed by atoms with Crippen molar-refractivity contribution in [3.05, 3.63) is 63.7 Å². The average molecular weight is 385 g/mol. The lowest BCUT2D eigenvalue weighted by Crippen LogP contribution is -2.12. The molecular weight excluding hydrogens is 370 g/mol. The molecule has 138 valence electrons. The van der Waals surface area contributed by atoms with Crippen LogP contribution in [-0.4, -0.2) is 30.0 Å². The fourth-order valence-electron chi connectivity index (χ4n) is 2.45. The van der Waals surface area contributed by atoms with Gasteiger partial charge in [0.05, 0.1) is 24.7 Å². The van der Waals surface area contributed by atoms with E-state index in [4.69, 9.17) is 9.47 Å². The van der Waals surface area contributed by atoms with Crippen molar-refractivity contribution in [2.45, 2.75) is 0 Å². The molecule has 27 heavy (non-hydrogen) atoms. The summed E-state index contributed by atoms with van der Waals surface area (Å²) in [6.07, 6.45) is 0. The van der Waals surface area contributed by atoms with Gasteiger partial charge in [-0.25, -0.2) is 4.98 Å². The molecular formula is C18H15N3O5S. The number of rotatable bonds is 6. The summed E-state index contributed by atoms with van der Waals surface area (Å²) in [5.74, 6) is 0.632. The predicted octanol–water partition coefficient (Wildman–Crippen LogP) is 3.99. The van der Waals surface area contributed by atoms with E-state index in [1.165, 1.54) is 36.6 Å². The highest BCUT2D eigenvalue weighted by molar-refractivity contribution is 7.13. The van der Waals surface area contributed by atoms with Crippen molar-refractivity contribution in [1.29, 1.82) is 0 Å². The molecule has 0 saturated carbocycles. The minimum absolute atomic E-state index is 0.104. The molecule has 0 aliphatic carbocycles. The van der Waals surface area contributed by atoms with Crippen molar-refractivity contribution in [3.63, 3.8) is 0 Å². The molecule has 0 saturated heterocycles. The molecule has 2 aromatic carbocycles. The number of nitro benzene ring substituents is 1. The summed E-state index contributed by atoms with van der Waals surface area (Å²) in [4.78, 5) is 27.1. The SMILES string of the molecule is COc1cccc(-c2nc(C(=O)Nc3cccc([N+](=O)[O-])c3)cs2)c1OC. The van der Waals surface area contributed by atoms with E-state index >= 15 is 0 Å². The van der Waals surface area contributed by atoms with E-state index in [0.29, 0.717) is 27.8 Å². The molecule has 0 spiro atoms. The number of ether oxygens (including phenoxy) is 2. The van der Waals surface area contributed by atoms with Crippen LogP contribution in [0.25, 0.3) is 10.6 Å². The number of thiazole rings is 1. The maximum absolute atomic E-state index is 12.4. The standard InChI is InChI=1S/C18H15N3O5S/c1-25-15-8-4-7-13(16(15)26-2)18-20-14(10-27-18)17(22)19-11-5-3-6-12(9-11)21(23)24/h3-10H,1-2H3,(H,19,22). The van der Waals surface area contributed by atoms with E-state index in [9.17, 15) is 14.9 Å². The van der Waals surface area contributed by atoms with Gasteiger partial charge < -0.3 is 14.8 Å². The number of aromatic nitrogens is 1. The van der Waals surface area contributed by atoms with Crippen molar-refractivity contribution >= 4 is 28.6 Å². The Morgan fingerprint density at radius 1 is 1.19 bits per heavy atom. The molecule has 1 aromatic heterocycles. The summed E-state index contributed by atoms with van der Waals surface area (Å²) in [5, 5.41) is 15.7. The Bertz CT molecular complexity index is 1000. The zero-order valence-corrected chi connectivity index (χ0v) is 15.3. The molecule has 1 N–H and O–H groups in total. The van der Waals surface area contributed by atoms with Crippen molar-refractivity contribution in [3.8, 4) is 22.1 Å². The zero-order valence-electron chi connectivity index (χ0n) is 14.5. The van der Waals surface area contributed by atoms with Crippen LogP contribution in [0.1, 0.15) is 10.5 Å². The van der Waals surface area contributed by atoms with Crippen molar-refractivity contribution in [1.82, 2.24) is 4.98 Å². The van der Waals surface area contributed by atoms with Crippen LogP contribution in [0.2, 0.25) is 0 Å². The first-order valence-corrected chi connectivity index (χ1v) is 8.64. The van der Waals surface area contributed by atoms with Gasteiger partial charge in [-0.2, -0.15) is 0 Å². The fraction of sp³-hybridized carbons (Fsp3) is 0.111. The monoisotopic (exact) mass is 385 g/mol. The maximum atomic E-state index is 12.4. The van der Waals surface area contributed by atoms with Crippen LogP contribution in [0, 0.1) is 10.1 Å². The van der Waals surface area contributed by atoms with Gasteiger partial charge in [0.2, 0.25) is 0 Å². The summed E-state index contributed by atoms with van der Waals surface area (Å²) < 4.78 is 10.7. The number of amides is 1. The smallest absolute Gasteiger partial charge is 0.275 e. The molecule has 0 atom stereocenters. The largest absolute Gasteiger partial charge is 0.493 e. The van der Waals surface area contributed by atoms with Crippen LogP contribution in [0.15, 0.2) is 47.8 Å². The number of nitro groups is 1. The quantitative estimate of drug-likeness (QED) is 0.508. The molecule has 0 aliphatic rings. The molecule has 0 fully saturated rings. The Balaban J connectivity index is 1.85. The summed E-state index contributed by atoms with van der Waals surface area (Å²) in [5.41, 5.74) is 1.12. The molecule has 0 radical (unpaired) electrons. The van der Waals surface area contributed by atoms with Gasteiger partial charge in [0.15, 0.2) is 11.5 Å². The summed E-state index contributed by atoms with van der Waals surface area (Å²) in [6.45, 7) is 0. The number of nitrogens with zero attached hydrogens (tertiary/aromatic N) is 2. The molecule has 3 rings (SSSR count). The predicted molar refractivity (Wildman–Crippen MR) is 102 cm³/mol. The highest BCUT2D eigenvalue weighted by Gasteiger charge is 2.17. The summed E-state index contributed by atoms with van der Waals surface area (Å²) in [7, 11) is 3.08. The summed E-state index contributed by atoms with van der Waals surface area (Å²) >= 11 is 1.28. The van der Waals surface area contributed by atoms with Gasteiger partial charge in [0.1, 0.15) is 10.7 Å². The highest BCUT2D eigenvalue weighted by Crippen LogP contribution is 2.39. The van der Waals surface area contributed by atoms with E-state index < -0.39 is 10.8 Å². The first kappa shape index (κ1) is 18.3. The number of non-ortho nitro benzene ring substituents is 1. The van der Waals surface area contributed by atoms with Crippen LogP contribution in [0.3, 0.4) is 0 Å². The second-order valence-corrected chi connectivity index (χ2v) is 6.20. The Labute approximate surface area is 158 Å². The van der Waals surface area contributed by atoms with E-state index in [2.05, 4.69) is 10.3 Å². The van der Waals surface area contributed by atoms with E-state index in [1.807, 2.05) is 6.07 Å². The van der Waals surface area contributed by atoms with Crippen LogP contribution in [-0.2, 0) is 0 Å². The Kier molecular flexibility index (Phi) is 5.32. The number of methoxy groups -OCH3 is 2. The van der Waals surface area contributed by atoms with Crippen LogP contribution < -0.4 is 14.8 Å².